The van der Waals surface area contributed by atoms with Gasteiger partial charge < -0.3 is 9.13 Å². The van der Waals surface area contributed by atoms with Crippen LogP contribution >= 0.6 is 0 Å². The zero-order valence-electron chi connectivity index (χ0n) is 41.0. The molecule has 0 spiro atoms. The Hall–Kier alpha value is -10.0. The van der Waals surface area contributed by atoms with E-state index < -0.39 is 0 Å². The Labute approximate surface area is 427 Å². The maximum atomic E-state index is 4.87. The van der Waals surface area contributed by atoms with E-state index in [4.69, 9.17) is 30.4 Å². The van der Waals surface area contributed by atoms with Gasteiger partial charge in [-0.15, -0.1) is 20.4 Å². The van der Waals surface area contributed by atoms with E-state index in [2.05, 4.69) is 213 Å². The Kier molecular flexibility index (Phi) is 8.47. The van der Waals surface area contributed by atoms with E-state index in [0.717, 1.165) is 88.9 Å². The van der Waals surface area contributed by atoms with Crippen LogP contribution in [0.3, 0.4) is 0 Å². The van der Waals surface area contributed by atoms with Crippen LogP contribution < -0.4 is 0 Å². The first-order valence-electron chi connectivity index (χ1n) is 25.3. The predicted octanol–water partition coefficient (Wildman–Crippen LogP) is 14.8. The van der Waals surface area contributed by atoms with Crippen molar-refractivity contribution in [3.63, 3.8) is 0 Å². The quantitative estimate of drug-likeness (QED) is 0.170. The maximum Gasteiger partial charge on any atom is 0.273 e. The van der Waals surface area contributed by atoms with Crippen LogP contribution in [0.2, 0.25) is 0 Å². The Morgan fingerprint density at radius 3 is 1.01 bits per heavy atom. The Morgan fingerprint density at radius 1 is 0.280 bits per heavy atom. The third kappa shape index (κ3) is 5.91. The fourth-order valence-electron chi connectivity index (χ4n) is 12.0. The molecule has 0 atom stereocenters. The molecule has 0 bridgehead atoms. The molecule has 8 aromatic heterocycles. The Balaban J connectivity index is 0.967. The van der Waals surface area contributed by atoms with Crippen molar-refractivity contribution >= 4 is 109 Å². The van der Waals surface area contributed by atoms with Gasteiger partial charge in [0.2, 0.25) is 0 Å². The summed E-state index contributed by atoms with van der Waals surface area (Å²) in [6, 6.07) is 69.7. The highest BCUT2D eigenvalue weighted by Crippen LogP contribution is 2.43. The summed E-state index contributed by atoms with van der Waals surface area (Å²) in [5.41, 5.74) is 12.3. The molecule has 8 heterocycles. The number of fused-ring (bicyclic) bond motifs is 15. The second kappa shape index (κ2) is 15.3. The summed E-state index contributed by atoms with van der Waals surface area (Å²) in [6.07, 6.45) is 3.72. The highest BCUT2D eigenvalue weighted by molar-refractivity contribution is 6.21. The van der Waals surface area contributed by atoms with Crippen LogP contribution in [0.4, 0.5) is 0 Å². The van der Waals surface area contributed by atoms with Gasteiger partial charge in [-0.05, 0) is 97.1 Å². The molecule has 0 amide bonds. The summed E-state index contributed by atoms with van der Waals surface area (Å²) in [5.74, 6) is 2.72. The van der Waals surface area contributed by atoms with Crippen molar-refractivity contribution in [3.05, 3.63) is 212 Å². The highest BCUT2D eigenvalue weighted by Gasteiger charge is 2.25. The molecule has 11 nitrogen and oxygen atoms in total. The summed E-state index contributed by atoms with van der Waals surface area (Å²) < 4.78 is 11.5. The molecule has 0 radical (unpaired) electrons. The lowest BCUT2D eigenvalue weighted by Crippen LogP contribution is -2.19. The number of aromatic nitrogens is 11. The van der Waals surface area contributed by atoms with Crippen molar-refractivity contribution in [2.45, 2.75) is 26.2 Å². The van der Waals surface area contributed by atoms with Crippen molar-refractivity contribution in [1.82, 2.24) is 53.2 Å². The van der Waals surface area contributed by atoms with Crippen molar-refractivity contribution in [3.8, 4) is 29.0 Å². The molecule has 0 fully saturated rings. The average molecular weight is 966 g/mol. The minimum Gasteiger partial charge on any atom is -0.309 e. The Morgan fingerprint density at radius 2 is 0.627 bits per heavy atom. The third-order valence-electron chi connectivity index (χ3n) is 15.3. The van der Waals surface area contributed by atoms with Gasteiger partial charge >= 0.3 is 0 Å². The van der Waals surface area contributed by atoms with Crippen molar-refractivity contribution in [2.24, 2.45) is 0 Å². The van der Waals surface area contributed by atoms with Gasteiger partial charge in [0.15, 0.2) is 5.82 Å². The maximum absolute atomic E-state index is 4.87. The number of hydrogen-bond acceptors (Lipinski definition) is 6. The smallest absolute Gasteiger partial charge is 0.273 e. The molecule has 0 unspecified atom stereocenters. The molecular formula is C64H43N11. The molecule has 354 valence electrons. The van der Waals surface area contributed by atoms with Crippen LogP contribution in [-0.2, 0) is 5.41 Å². The van der Waals surface area contributed by atoms with Crippen LogP contribution in [0.5, 0.6) is 0 Å². The molecule has 0 aliphatic rings. The van der Waals surface area contributed by atoms with Crippen LogP contribution in [0.25, 0.3) is 138 Å². The fourth-order valence-corrected chi connectivity index (χ4v) is 12.0. The first kappa shape index (κ1) is 41.6. The van der Waals surface area contributed by atoms with E-state index >= 15 is 0 Å². The number of hydrogen-bond donors (Lipinski definition) is 0. The van der Waals surface area contributed by atoms with Crippen LogP contribution in [-0.4, -0.2) is 53.2 Å². The highest BCUT2D eigenvalue weighted by atomic mass is 15.4. The van der Waals surface area contributed by atoms with Gasteiger partial charge in [0.1, 0.15) is 11.6 Å². The summed E-state index contributed by atoms with van der Waals surface area (Å²) >= 11 is 0. The fraction of sp³-hybridized carbons (Fsp3) is 0.0625. The lowest BCUT2D eigenvalue weighted by molar-refractivity contribution is 0.516. The first-order chi connectivity index (χ1) is 36.9. The van der Waals surface area contributed by atoms with E-state index in [-0.39, 0.29) is 5.41 Å². The largest absolute Gasteiger partial charge is 0.309 e. The number of pyridine rings is 2. The van der Waals surface area contributed by atoms with Gasteiger partial charge in [0.05, 0.1) is 55.2 Å². The standard InChI is InChI=1S/C64H43N11/c1-64(2,3)62-67-69-63(70-68-62)75-54-32-38(71-50-20-8-4-16-40(50)46-34-48-42-18-6-10-22-52(42)73(58(48)36-56(46)71)60-24-12-14-30-65-60)26-28-44(54)45-29-27-39(33-55(45)75)72-51-21-9-5-17-41(51)47-35-49-43-19-7-11-23-53(43)74(59(49)37-57(47)72)61-25-13-15-31-66-61/h4-37H,1-3H3. The van der Waals surface area contributed by atoms with E-state index in [1.807, 2.05) is 36.7 Å². The molecular weight excluding hydrogens is 923 g/mol. The molecule has 0 N–H and O–H groups in total. The molecule has 8 aromatic carbocycles. The zero-order valence-corrected chi connectivity index (χ0v) is 41.0. The SMILES string of the molecule is CC(C)(C)c1nnc(-n2c3cc(-n4c5ccccc5c5cc6c7ccccc7n(-c7ccccn7)c6cc54)ccc3c3ccc(-n4c5ccccc5c5cc6c7ccccc7n(-c7ccccn7)c6cc54)cc32)nn1. The van der Waals surface area contributed by atoms with Gasteiger partial charge in [-0.1, -0.05) is 118 Å². The van der Waals surface area contributed by atoms with E-state index in [0.29, 0.717) is 11.8 Å². The van der Waals surface area contributed by atoms with Crippen molar-refractivity contribution < 1.29 is 0 Å². The topological polar surface area (TPSA) is 102 Å². The third-order valence-corrected chi connectivity index (χ3v) is 15.3. The van der Waals surface area contributed by atoms with E-state index in [9.17, 15) is 0 Å². The lowest BCUT2D eigenvalue weighted by atomic mass is 9.96. The minimum atomic E-state index is -0.339. The van der Waals surface area contributed by atoms with Gasteiger partial charge in [-0.2, -0.15) is 0 Å². The number of nitrogens with zero attached hydrogens (tertiary/aromatic N) is 11. The summed E-state index contributed by atoms with van der Waals surface area (Å²) in [6.45, 7) is 6.24. The summed E-state index contributed by atoms with van der Waals surface area (Å²) in [5, 5.41) is 30.7. The average Bonchev–Trinajstić information content (AvgIpc) is 4.24. The number of para-hydroxylation sites is 4. The van der Waals surface area contributed by atoms with Gasteiger partial charge in [-0.25, -0.2) is 9.97 Å². The van der Waals surface area contributed by atoms with Gasteiger partial charge in [0.25, 0.3) is 5.95 Å². The zero-order chi connectivity index (χ0) is 49.7. The Bertz CT molecular complexity index is 4740. The molecule has 0 aliphatic carbocycles. The second-order valence-electron chi connectivity index (χ2n) is 20.6. The van der Waals surface area contributed by atoms with E-state index in [1.54, 1.807) is 0 Å². The molecule has 0 aliphatic heterocycles. The van der Waals surface area contributed by atoms with Gasteiger partial charge in [0, 0.05) is 83.0 Å². The monoisotopic (exact) mass is 965 g/mol. The normalized spacial score (nSPS) is 12.5. The number of benzene rings is 8. The molecule has 16 aromatic rings. The molecule has 75 heavy (non-hydrogen) atoms. The molecule has 0 saturated heterocycles. The predicted molar refractivity (Wildman–Crippen MR) is 304 cm³/mol. The first-order valence-corrected chi connectivity index (χ1v) is 25.3. The number of rotatable bonds is 5. The second-order valence-corrected chi connectivity index (χ2v) is 20.6. The molecule has 16 rings (SSSR count). The van der Waals surface area contributed by atoms with Gasteiger partial charge in [-0.3, -0.25) is 13.7 Å². The van der Waals surface area contributed by atoms with Crippen LogP contribution in [0, 0.1) is 0 Å². The minimum absolute atomic E-state index is 0.339. The van der Waals surface area contributed by atoms with Crippen molar-refractivity contribution in [2.75, 3.05) is 0 Å². The van der Waals surface area contributed by atoms with Crippen LogP contribution in [0.15, 0.2) is 207 Å². The lowest BCUT2D eigenvalue weighted by Gasteiger charge is -2.15. The molecule has 0 saturated carbocycles. The molecule has 11 heteroatoms. The van der Waals surface area contributed by atoms with Crippen molar-refractivity contribution in [1.29, 1.82) is 0 Å². The van der Waals surface area contributed by atoms with Crippen LogP contribution in [0.1, 0.15) is 26.6 Å². The van der Waals surface area contributed by atoms with E-state index in [1.165, 1.54) is 43.1 Å². The summed E-state index contributed by atoms with van der Waals surface area (Å²) in [4.78, 5) is 9.70. The summed E-state index contributed by atoms with van der Waals surface area (Å²) in [7, 11) is 0.